The SMILES string of the molecule is CCN(CC)C(=O)c1cc(C(C)C)[nH]n1. The van der Waals surface area contributed by atoms with Gasteiger partial charge in [-0.1, -0.05) is 13.8 Å². The van der Waals surface area contributed by atoms with E-state index in [4.69, 9.17) is 0 Å². The van der Waals surface area contributed by atoms with Crippen LogP contribution in [0.3, 0.4) is 0 Å². The van der Waals surface area contributed by atoms with Gasteiger partial charge >= 0.3 is 0 Å². The highest BCUT2D eigenvalue weighted by Crippen LogP contribution is 2.13. The van der Waals surface area contributed by atoms with Crippen molar-refractivity contribution in [1.82, 2.24) is 15.1 Å². The highest BCUT2D eigenvalue weighted by Gasteiger charge is 2.16. The fraction of sp³-hybridized carbons (Fsp3) is 0.636. The van der Waals surface area contributed by atoms with E-state index < -0.39 is 0 Å². The van der Waals surface area contributed by atoms with Crippen LogP contribution in [0.2, 0.25) is 0 Å². The Bertz CT molecular complexity index is 326. The van der Waals surface area contributed by atoms with Crippen molar-refractivity contribution in [1.29, 1.82) is 0 Å². The molecular formula is C11H19N3O. The van der Waals surface area contributed by atoms with E-state index in [2.05, 4.69) is 24.0 Å². The largest absolute Gasteiger partial charge is 0.338 e. The summed E-state index contributed by atoms with van der Waals surface area (Å²) in [7, 11) is 0. The van der Waals surface area contributed by atoms with Crippen LogP contribution in [0.25, 0.3) is 0 Å². The van der Waals surface area contributed by atoms with Crippen molar-refractivity contribution < 1.29 is 4.79 Å². The molecule has 84 valence electrons. The van der Waals surface area contributed by atoms with E-state index in [1.165, 1.54) is 0 Å². The van der Waals surface area contributed by atoms with Crippen LogP contribution < -0.4 is 0 Å². The van der Waals surface area contributed by atoms with E-state index in [-0.39, 0.29) is 5.91 Å². The van der Waals surface area contributed by atoms with Gasteiger partial charge in [0.25, 0.3) is 5.91 Å². The molecule has 0 saturated carbocycles. The zero-order chi connectivity index (χ0) is 11.4. The summed E-state index contributed by atoms with van der Waals surface area (Å²) in [4.78, 5) is 13.7. The molecule has 0 fully saturated rings. The molecule has 0 bridgehead atoms. The number of hydrogen-bond donors (Lipinski definition) is 1. The third-order valence-electron chi connectivity index (χ3n) is 2.49. The van der Waals surface area contributed by atoms with Crippen molar-refractivity contribution >= 4 is 5.91 Å². The van der Waals surface area contributed by atoms with Crippen LogP contribution in [-0.4, -0.2) is 34.1 Å². The fourth-order valence-electron chi connectivity index (χ4n) is 1.41. The Kier molecular flexibility index (Phi) is 3.88. The van der Waals surface area contributed by atoms with Crippen molar-refractivity contribution in [3.8, 4) is 0 Å². The number of aromatic nitrogens is 2. The summed E-state index contributed by atoms with van der Waals surface area (Å²) in [5.74, 6) is 0.374. The zero-order valence-corrected chi connectivity index (χ0v) is 9.87. The monoisotopic (exact) mass is 209 g/mol. The predicted octanol–water partition coefficient (Wildman–Crippen LogP) is 2.02. The average molecular weight is 209 g/mol. The molecule has 0 spiro atoms. The number of nitrogens with one attached hydrogen (secondary N) is 1. The van der Waals surface area contributed by atoms with E-state index in [0.29, 0.717) is 11.6 Å². The average Bonchev–Trinajstić information content (AvgIpc) is 2.68. The molecule has 0 unspecified atom stereocenters. The third kappa shape index (κ3) is 2.58. The minimum atomic E-state index is 0.00292. The van der Waals surface area contributed by atoms with Gasteiger partial charge in [0.15, 0.2) is 0 Å². The lowest BCUT2D eigenvalue weighted by Crippen LogP contribution is -2.30. The van der Waals surface area contributed by atoms with E-state index in [0.717, 1.165) is 18.8 Å². The number of nitrogens with zero attached hydrogens (tertiary/aromatic N) is 2. The molecular weight excluding hydrogens is 190 g/mol. The summed E-state index contributed by atoms with van der Waals surface area (Å²) >= 11 is 0. The topological polar surface area (TPSA) is 49.0 Å². The van der Waals surface area contributed by atoms with Gasteiger partial charge in [-0.3, -0.25) is 9.89 Å². The first kappa shape index (κ1) is 11.8. The van der Waals surface area contributed by atoms with Crippen LogP contribution in [0.1, 0.15) is 49.8 Å². The molecule has 0 aliphatic rings. The molecule has 1 aromatic rings. The standard InChI is InChI=1S/C11H19N3O/c1-5-14(6-2)11(15)10-7-9(8(3)4)12-13-10/h7-8H,5-6H2,1-4H3,(H,12,13). The number of hydrogen-bond acceptors (Lipinski definition) is 2. The molecule has 0 aliphatic heterocycles. The minimum Gasteiger partial charge on any atom is -0.338 e. The summed E-state index contributed by atoms with van der Waals surface area (Å²) < 4.78 is 0. The summed E-state index contributed by atoms with van der Waals surface area (Å²) in [6.45, 7) is 9.52. The van der Waals surface area contributed by atoms with Gasteiger partial charge in [-0.05, 0) is 25.8 Å². The summed E-state index contributed by atoms with van der Waals surface area (Å²) in [6.07, 6.45) is 0. The van der Waals surface area contributed by atoms with Crippen molar-refractivity contribution in [2.24, 2.45) is 0 Å². The Morgan fingerprint density at radius 1 is 1.47 bits per heavy atom. The quantitative estimate of drug-likeness (QED) is 0.824. The molecule has 1 amide bonds. The van der Waals surface area contributed by atoms with Crippen molar-refractivity contribution in [3.63, 3.8) is 0 Å². The van der Waals surface area contributed by atoms with Crippen LogP contribution in [0.5, 0.6) is 0 Å². The van der Waals surface area contributed by atoms with Crippen LogP contribution in [0.4, 0.5) is 0 Å². The summed E-state index contributed by atoms with van der Waals surface area (Å²) in [5, 5.41) is 6.93. The maximum absolute atomic E-state index is 11.9. The molecule has 1 aromatic heterocycles. The van der Waals surface area contributed by atoms with Gasteiger partial charge in [0.1, 0.15) is 5.69 Å². The molecule has 1 heterocycles. The Morgan fingerprint density at radius 2 is 2.07 bits per heavy atom. The maximum Gasteiger partial charge on any atom is 0.274 e. The second-order valence-electron chi connectivity index (χ2n) is 3.84. The predicted molar refractivity (Wildman–Crippen MR) is 59.9 cm³/mol. The molecule has 1 rings (SSSR count). The zero-order valence-electron chi connectivity index (χ0n) is 9.87. The molecule has 1 N–H and O–H groups in total. The van der Waals surface area contributed by atoms with Crippen molar-refractivity contribution in [2.45, 2.75) is 33.6 Å². The molecule has 0 radical (unpaired) electrons. The Balaban J connectivity index is 2.82. The number of aromatic amines is 1. The van der Waals surface area contributed by atoms with Gasteiger partial charge in [0.2, 0.25) is 0 Å². The first-order chi connectivity index (χ1) is 7.10. The second kappa shape index (κ2) is 4.96. The van der Waals surface area contributed by atoms with Crippen molar-refractivity contribution in [3.05, 3.63) is 17.5 Å². The van der Waals surface area contributed by atoms with Gasteiger partial charge in [0.05, 0.1) is 0 Å². The van der Waals surface area contributed by atoms with Crippen LogP contribution in [0.15, 0.2) is 6.07 Å². The highest BCUT2D eigenvalue weighted by atomic mass is 16.2. The first-order valence-corrected chi connectivity index (χ1v) is 5.44. The Morgan fingerprint density at radius 3 is 2.47 bits per heavy atom. The van der Waals surface area contributed by atoms with E-state index in [1.54, 1.807) is 4.90 Å². The molecule has 0 aromatic carbocycles. The van der Waals surface area contributed by atoms with Gasteiger partial charge in [-0.15, -0.1) is 0 Å². The molecule has 15 heavy (non-hydrogen) atoms. The van der Waals surface area contributed by atoms with E-state index >= 15 is 0 Å². The number of carbonyl (C=O) groups excluding carboxylic acids is 1. The van der Waals surface area contributed by atoms with Crippen molar-refractivity contribution in [2.75, 3.05) is 13.1 Å². The Hall–Kier alpha value is -1.32. The molecule has 4 nitrogen and oxygen atoms in total. The first-order valence-electron chi connectivity index (χ1n) is 5.44. The van der Waals surface area contributed by atoms with E-state index in [1.807, 2.05) is 19.9 Å². The van der Waals surface area contributed by atoms with Crippen LogP contribution in [0, 0.1) is 0 Å². The van der Waals surface area contributed by atoms with Gasteiger partial charge < -0.3 is 4.90 Å². The lowest BCUT2D eigenvalue weighted by molar-refractivity contribution is 0.0767. The normalized spacial score (nSPS) is 10.7. The molecule has 0 aliphatic carbocycles. The maximum atomic E-state index is 11.9. The second-order valence-corrected chi connectivity index (χ2v) is 3.84. The number of H-pyrrole nitrogens is 1. The lowest BCUT2D eigenvalue weighted by atomic mass is 10.1. The van der Waals surface area contributed by atoms with Gasteiger partial charge in [-0.25, -0.2) is 0 Å². The third-order valence-corrected chi connectivity index (χ3v) is 2.49. The highest BCUT2D eigenvalue weighted by molar-refractivity contribution is 5.92. The fourth-order valence-corrected chi connectivity index (χ4v) is 1.41. The summed E-state index contributed by atoms with van der Waals surface area (Å²) in [6, 6.07) is 1.84. The van der Waals surface area contributed by atoms with E-state index in [9.17, 15) is 4.79 Å². The number of amides is 1. The Labute approximate surface area is 90.7 Å². The number of carbonyl (C=O) groups is 1. The molecule has 4 heteroatoms. The smallest absolute Gasteiger partial charge is 0.274 e. The minimum absolute atomic E-state index is 0.00292. The summed E-state index contributed by atoms with van der Waals surface area (Å²) in [5.41, 5.74) is 1.52. The van der Waals surface area contributed by atoms with Crippen LogP contribution in [-0.2, 0) is 0 Å². The van der Waals surface area contributed by atoms with Gasteiger partial charge in [0, 0.05) is 18.8 Å². The van der Waals surface area contributed by atoms with Gasteiger partial charge in [-0.2, -0.15) is 5.10 Å². The molecule has 0 saturated heterocycles. The number of rotatable bonds is 4. The van der Waals surface area contributed by atoms with Crippen LogP contribution >= 0.6 is 0 Å². The lowest BCUT2D eigenvalue weighted by Gasteiger charge is -2.16. The molecule has 0 atom stereocenters.